The summed E-state index contributed by atoms with van der Waals surface area (Å²) < 4.78 is 0. The molecule has 0 heterocycles. The van der Waals surface area contributed by atoms with Crippen molar-refractivity contribution in [2.24, 2.45) is 17.2 Å². The molecule has 0 radical (unpaired) electrons. The Kier molecular flexibility index (Phi) is 18.7. The highest BCUT2D eigenvalue weighted by Gasteiger charge is 2.31. The van der Waals surface area contributed by atoms with Crippen LogP contribution in [-0.4, -0.2) is 133 Å². The van der Waals surface area contributed by atoms with Crippen LogP contribution in [0.5, 0.6) is 0 Å². The SMILES string of the molecule is C[C@H](O)[C@@H](NC(=O)[C@@H](N)CCCN(O)C(=O)CCNC(=O)[C@@H](N)CCCN(O)C=O)C(=O)N(O)CCC[C@H](N)C(=O)O. The second-order valence-electron chi connectivity index (χ2n) is 9.60. The molecule has 0 saturated heterocycles. The maximum Gasteiger partial charge on any atom is 0.320 e. The second kappa shape index (κ2) is 20.4. The molecule has 0 bridgehead atoms. The average Bonchev–Trinajstić information content (AvgIpc) is 2.94. The maximum atomic E-state index is 12.5. The van der Waals surface area contributed by atoms with Gasteiger partial charge in [0, 0.05) is 32.6 Å². The number of carboxylic acids is 1. The van der Waals surface area contributed by atoms with Crippen molar-refractivity contribution in [3.05, 3.63) is 0 Å². The zero-order chi connectivity index (χ0) is 32.4. The van der Waals surface area contributed by atoms with Crippen LogP contribution in [0.1, 0.15) is 51.9 Å². The minimum Gasteiger partial charge on any atom is -0.480 e. The molecule has 0 fully saturated rings. The van der Waals surface area contributed by atoms with Gasteiger partial charge in [-0.2, -0.15) is 0 Å². The smallest absolute Gasteiger partial charge is 0.320 e. The number of aliphatic hydroxyl groups excluding tert-OH is 1. The number of aliphatic carboxylic acids is 1. The molecule has 0 aromatic heterocycles. The summed E-state index contributed by atoms with van der Waals surface area (Å²) in [5, 5.41) is 53.3. The van der Waals surface area contributed by atoms with Crippen molar-refractivity contribution < 1.29 is 54.6 Å². The number of hydroxylamine groups is 6. The lowest BCUT2D eigenvalue weighted by Gasteiger charge is -2.26. The molecule has 242 valence electrons. The number of carbonyl (C=O) groups is 6. The van der Waals surface area contributed by atoms with Crippen LogP contribution in [0.15, 0.2) is 0 Å². The van der Waals surface area contributed by atoms with E-state index in [0.717, 1.165) is 0 Å². The number of nitrogens with one attached hydrogen (secondary N) is 2. The molecular formula is C23H44N8O11. The third kappa shape index (κ3) is 15.5. The number of rotatable bonds is 22. The Morgan fingerprint density at radius 2 is 1.31 bits per heavy atom. The van der Waals surface area contributed by atoms with E-state index in [2.05, 4.69) is 10.6 Å². The van der Waals surface area contributed by atoms with Crippen LogP contribution >= 0.6 is 0 Å². The number of hydrogen-bond donors (Lipinski definition) is 10. The zero-order valence-electron chi connectivity index (χ0n) is 23.5. The van der Waals surface area contributed by atoms with Crippen LogP contribution < -0.4 is 27.8 Å². The standard InChI is InChI=1S/C23H44N8O11/c1-14(33)19(22(37)31(42)12-4-7-17(26)23(38)39)28-21(36)16(25)6-3-11-30(41)18(34)8-9-27-20(35)15(24)5-2-10-29(40)13-32/h13-17,19,33,40-42H,2-12,24-26H2,1H3,(H,27,35)(H,28,36)(H,38,39)/t14-,15-,16-,17-,19+/m0/s1. The lowest BCUT2D eigenvalue weighted by molar-refractivity contribution is -0.171. The molecular weight excluding hydrogens is 564 g/mol. The summed E-state index contributed by atoms with van der Waals surface area (Å²) in [6.45, 7) is 0.584. The van der Waals surface area contributed by atoms with E-state index in [4.69, 9.17) is 27.5 Å². The Morgan fingerprint density at radius 1 is 0.810 bits per heavy atom. The normalized spacial score (nSPS) is 14.5. The van der Waals surface area contributed by atoms with Crippen LogP contribution in [0.4, 0.5) is 0 Å². The van der Waals surface area contributed by atoms with Gasteiger partial charge in [0.15, 0.2) is 0 Å². The monoisotopic (exact) mass is 608 g/mol. The van der Waals surface area contributed by atoms with Crippen molar-refractivity contribution >= 4 is 36.0 Å². The van der Waals surface area contributed by atoms with Gasteiger partial charge in [-0.15, -0.1) is 0 Å². The summed E-state index contributed by atoms with van der Waals surface area (Å²) in [4.78, 5) is 70.0. The molecule has 19 heteroatoms. The highest BCUT2D eigenvalue weighted by molar-refractivity contribution is 5.89. The summed E-state index contributed by atoms with van der Waals surface area (Å²) in [7, 11) is 0. The van der Waals surface area contributed by atoms with Gasteiger partial charge in [0.1, 0.15) is 12.1 Å². The first-order valence-corrected chi connectivity index (χ1v) is 13.3. The minimum atomic E-state index is -1.55. The second-order valence-corrected chi connectivity index (χ2v) is 9.60. The van der Waals surface area contributed by atoms with Crippen LogP contribution in [0.25, 0.3) is 0 Å². The molecule has 0 aliphatic carbocycles. The van der Waals surface area contributed by atoms with Crippen molar-refractivity contribution in [1.82, 2.24) is 25.8 Å². The molecule has 0 aliphatic rings. The first kappa shape index (κ1) is 38.5. The van der Waals surface area contributed by atoms with Gasteiger partial charge in [-0.3, -0.25) is 44.4 Å². The summed E-state index contributed by atoms with van der Waals surface area (Å²) in [5.74, 6) is -4.42. The number of carbonyl (C=O) groups excluding carboxylic acids is 5. The highest BCUT2D eigenvalue weighted by atomic mass is 16.5. The fourth-order valence-corrected chi connectivity index (χ4v) is 3.43. The molecule has 19 nitrogen and oxygen atoms in total. The van der Waals surface area contributed by atoms with Crippen LogP contribution in [0, 0.1) is 0 Å². The molecule has 5 amide bonds. The Bertz CT molecular complexity index is 894. The van der Waals surface area contributed by atoms with Gasteiger partial charge in [0.2, 0.25) is 24.1 Å². The third-order valence-corrected chi connectivity index (χ3v) is 6.01. The van der Waals surface area contributed by atoms with Crippen molar-refractivity contribution in [2.45, 2.75) is 82.1 Å². The molecule has 0 unspecified atom stereocenters. The van der Waals surface area contributed by atoms with Crippen molar-refractivity contribution in [1.29, 1.82) is 0 Å². The van der Waals surface area contributed by atoms with Gasteiger partial charge < -0.3 is 38.0 Å². The number of aliphatic hydroxyl groups is 1. The van der Waals surface area contributed by atoms with Crippen LogP contribution in [0.2, 0.25) is 0 Å². The fraction of sp³-hybridized carbons (Fsp3) is 0.739. The van der Waals surface area contributed by atoms with E-state index in [1.807, 2.05) is 0 Å². The molecule has 42 heavy (non-hydrogen) atoms. The van der Waals surface area contributed by atoms with E-state index in [-0.39, 0.29) is 82.6 Å². The molecule has 0 saturated carbocycles. The number of hydrogen-bond acceptors (Lipinski definition) is 13. The molecule has 0 aromatic carbocycles. The van der Waals surface area contributed by atoms with Crippen LogP contribution in [-0.2, 0) is 28.8 Å². The number of nitrogens with two attached hydrogens (primary N) is 3. The molecule has 0 aliphatic heterocycles. The van der Waals surface area contributed by atoms with Crippen molar-refractivity contribution in [2.75, 3.05) is 26.2 Å². The summed E-state index contributed by atoms with van der Waals surface area (Å²) in [5.41, 5.74) is 16.9. The van der Waals surface area contributed by atoms with E-state index in [9.17, 15) is 44.3 Å². The Morgan fingerprint density at radius 3 is 1.83 bits per heavy atom. The Balaban J connectivity index is 4.48. The quantitative estimate of drug-likeness (QED) is 0.0319. The fourth-order valence-electron chi connectivity index (χ4n) is 3.43. The first-order valence-electron chi connectivity index (χ1n) is 13.3. The van der Waals surface area contributed by atoms with Gasteiger partial charge in [0.05, 0.1) is 18.2 Å². The third-order valence-electron chi connectivity index (χ3n) is 6.01. The summed E-state index contributed by atoms with van der Waals surface area (Å²) >= 11 is 0. The van der Waals surface area contributed by atoms with Crippen LogP contribution in [0.3, 0.4) is 0 Å². The van der Waals surface area contributed by atoms with Gasteiger partial charge in [0.25, 0.3) is 5.91 Å². The van der Waals surface area contributed by atoms with Gasteiger partial charge in [-0.05, 0) is 45.4 Å². The molecule has 0 spiro atoms. The van der Waals surface area contributed by atoms with Crippen molar-refractivity contribution in [3.8, 4) is 0 Å². The predicted octanol–water partition coefficient (Wildman–Crippen LogP) is -3.95. The topological polar surface area (TPSA) is 315 Å². The molecule has 5 atom stereocenters. The zero-order valence-corrected chi connectivity index (χ0v) is 23.5. The lowest BCUT2D eigenvalue weighted by Crippen LogP contribution is -2.56. The van der Waals surface area contributed by atoms with E-state index >= 15 is 0 Å². The van der Waals surface area contributed by atoms with E-state index in [1.54, 1.807) is 0 Å². The minimum absolute atomic E-state index is 0.00179. The summed E-state index contributed by atoms with van der Waals surface area (Å²) in [6, 6.07) is -4.86. The molecule has 0 aromatic rings. The first-order chi connectivity index (χ1) is 19.6. The number of amides is 5. The molecule has 0 rings (SSSR count). The Hall–Kier alpha value is -3.46. The van der Waals surface area contributed by atoms with Gasteiger partial charge in [-0.25, -0.2) is 15.2 Å². The average molecular weight is 609 g/mol. The van der Waals surface area contributed by atoms with E-state index < -0.39 is 59.9 Å². The largest absolute Gasteiger partial charge is 0.480 e. The maximum absolute atomic E-state index is 12.5. The van der Waals surface area contributed by atoms with E-state index in [1.165, 1.54) is 6.92 Å². The highest BCUT2D eigenvalue weighted by Crippen LogP contribution is 2.05. The predicted molar refractivity (Wildman–Crippen MR) is 142 cm³/mol. The lowest BCUT2D eigenvalue weighted by atomic mass is 10.1. The number of carboxylic acid groups (broad SMARTS) is 1. The summed E-state index contributed by atoms with van der Waals surface area (Å²) in [6.07, 6.45) is -0.954. The van der Waals surface area contributed by atoms with Gasteiger partial charge in [-0.1, -0.05) is 0 Å². The van der Waals surface area contributed by atoms with E-state index in [0.29, 0.717) is 10.1 Å². The molecule has 13 N–H and O–H groups in total. The number of nitrogens with zero attached hydrogens (tertiary/aromatic N) is 3. The van der Waals surface area contributed by atoms with Crippen molar-refractivity contribution in [3.63, 3.8) is 0 Å². The Labute approximate surface area is 242 Å². The van der Waals surface area contributed by atoms with Gasteiger partial charge >= 0.3 is 5.97 Å².